The Morgan fingerprint density at radius 3 is 1.02 bits per heavy atom. The molecule has 8 bridgehead atoms. The van der Waals surface area contributed by atoms with Gasteiger partial charge in [-0.3, -0.25) is 19.9 Å². The number of rotatable bonds is 4. The molecule has 48 heavy (non-hydrogen) atoms. The number of H-pyrrole nitrogens is 2. The van der Waals surface area contributed by atoms with Crippen LogP contribution in [0.4, 0.5) is 0 Å². The van der Waals surface area contributed by atoms with E-state index in [-0.39, 0.29) is 0 Å². The Labute approximate surface area is 275 Å². The molecular formula is C40H26N8. The number of fused-ring (bicyclic) bond motifs is 8. The molecule has 9 heterocycles. The summed E-state index contributed by atoms with van der Waals surface area (Å²) in [5, 5.41) is 0. The lowest BCUT2D eigenvalue weighted by Gasteiger charge is -2.06. The Morgan fingerprint density at radius 1 is 0.333 bits per heavy atom. The first-order chi connectivity index (χ1) is 23.8. The van der Waals surface area contributed by atoms with E-state index >= 15 is 0 Å². The third-order valence-corrected chi connectivity index (χ3v) is 8.57. The average Bonchev–Trinajstić information content (AvgIpc) is 3.98. The van der Waals surface area contributed by atoms with Gasteiger partial charge in [0.2, 0.25) is 0 Å². The van der Waals surface area contributed by atoms with E-state index in [1.165, 1.54) is 0 Å². The van der Waals surface area contributed by atoms with Crippen molar-refractivity contribution in [1.29, 1.82) is 0 Å². The summed E-state index contributed by atoms with van der Waals surface area (Å²) < 4.78 is 0. The zero-order valence-corrected chi connectivity index (χ0v) is 25.5. The molecule has 8 nitrogen and oxygen atoms in total. The van der Waals surface area contributed by atoms with Crippen LogP contribution in [0.3, 0.4) is 0 Å². The van der Waals surface area contributed by atoms with Crippen molar-refractivity contribution < 1.29 is 0 Å². The lowest BCUT2D eigenvalue weighted by molar-refractivity contribution is 1.28. The maximum atomic E-state index is 5.28. The van der Waals surface area contributed by atoms with Crippen molar-refractivity contribution in [1.82, 2.24) is 39.9 Å². The van der Waals surface area contributed by atoms with Gasteiger partial charge in [0, 0.05) is 111 Å². The van der Waals surface area contributed by atoms with Gasteiger partial charge in [-0.1, -0.05) is 18.2 Å². The Hall–Kier alpha value is -6.80. The van der Waals surface area contributed by atoms with Crippen molar-refractivity contribution in [3.63, 3.8) is 0 Å². The second-order valence-electron chi connectivity index (χ2n) is 11.5. The van der Waals surface area contributed by atoms with Gasteiger partial charge in [0.25, 0.3) is 0 Å². The van der Waals surface area contributed by atoms with Crippen LogP contribution in [0.25, 0.3) is 90.9 Å². The standard InChI is InChI=1S/C40H26N8/c1-4-26(22-42-17-1)38-31-9-7-29(45-31)37(25-15-20-41-21-16-25)30-8-10-32(46-30)39(27-5-2-18-43-23-27)34-12-14-36(48-34)40(28-6-3-19-44-24-28)35-13-11-33(38)47-35/h1-24,45,48H. The molecule has 9 rings (SSSR count). The van der Waals surface area contributed by atoms with E-state index in [2.05, 4.69) is 96.7 Å². The van der Waals surface area contributed by atoms with E-state index in [1.54, 1.807) is 18.6 Å². The van der Waals surface area contributed by atoms with E-state index in [4.69, 9.17) is 9.97 Å². The smallest absolute Gasteiger partial charge is 0.0737 e. The number of aromatic amines is 2. The van der Waals surface area contributed by atoms with E-state index in [0.29, 0.717) is 0 Å². The van der Waals surface area contributed by atoms with E-state index < -0.39 is 0 Å². The van der Waals surface area contributed by atoms with Gasteiger partial charge < -0.3 is 9.97 Å². The fourth-order valence-electron chi connectivity index (χ4n) is 6.47. The summed E-state index contributed by atoms with van der Waals surface area (Å²) in [7, 11) is 0. The first kappa shape index (κ1) is 27.5. The minimum atomic E-state index is 0.826. The summed E-state index contributed by atoms with van der Waals surface area (Å²) in [6.45, 7) is 0. The predicted molar refractivity (Wildman–Crippen MR) is 192 cm³/mol. The summed E-state index contributed by atoms with van der Waals surface area (Å²) in [6, 6.07) is 24.5. The molecule has 0 atom stereocenters. The molecule has 0 unspecified atom stereocenters. The number of pyridine rings is 4. The molecule has 0 saturated carbocycles. The van der Waals surface area contributed by atoms with Crippen LogP contribution in [0, 0.1) is 0 Å². The molecule has 0 aliphatic carbocycles. The molecule has 0 saturated heterocycles. The third-order valence-electron chi connectivity index (χ3n) is 8.57. The van der Waals surface area contributed by atoms with Crippen LogP contribution < -0.4 is 0 Å². The SMILES string of the molecule is C1=Cc2nc1c(-c1ccncc1)c1ccc([nH]1)c(-c1cccnc1)c1nc(c(-c3cccnc3)c3ccc([nH]3)c2-c2cccnc2)C=C1. The van der Waals surface area contributed by atoms with Gasteiger partial charge in [-0.15, -0.1) is 0 Å². The van der Waals surface area contributed by atoms with Crippen molar-refractivity contribution in [2.45, 2.75) is 0 Å². The van der Waals surface area contributed by atoms with Crippen LogP contribution in [0.5, 0.6) is 0 Å². The van der Waals surface area contributed by atoms with Crippen molar-refractivity contribution in [3.05, 3.63) is 145 Å². The van der Waals surface area contributed by atoms with Gasteiger partial charge >= 0.3 is 0 Å². The first-order valence-electron chi connectivity index (χ1n) is 15.6. The minimum Gasteiger partial charge on any atom is -0.354 e. The molecule has 0 spiro atoms. The van der Waals surface area contributed by atoms with Gasteiger partial charge in [0.15, 0.2) is 0 Å². The van der Waals surface area contributed by atoms with Crippen molar-refractivity contribution >= 4 is 46.4 Å². The quantitative estimate of drug-likeness (QED) is 0.204. The van der Waals surface area contributed by atoms with Crippen molar-refractivity contribution in [2.24, 2.45) is 0 Å². The summed E-state index contributed by atoms with van der Waals surface area (Å²) >= 11 is 0. The van der Waals surface area contributed by atoms with Crippen LogP contribution in [0.15, 0.2) is 122 Å². The fourth-order valence-corrected chi connectivity index (χ4v) is 6.47. The normalized spacial score (nSPS) is 12.0. The molecule has 8 heteroatoms. The number of hydrogen-bond donors (Lipinski definition) is 2. The maximum absolute atomic E-state index is 5.28. The summed E-state index contributed by atoms with van der Waals surface area (Å²) in [4.78, 5) is 35.7. The zero-order chi connectivity index (χ0) is 31.9. The molecule has 0 radical (unpaired) electrons. The second-order valence-corrected chi connectivity index (χ2v) is 11.5. The number of aromatic nitrogens is 8. The van der Waals surface area contributed by atoms with E-state index in [0.717, 1.165) is 89.4 Å². The molecule has 2 N–H and O–H groups in total. The van der Waals surface area contributed by atoms with Crippen LogP contribution in [0.1, 0.15) is 22.8 Å². The van der Waals surface area contributed by atoms with Gasteiger partial charge in [0.1, 0.15) is 0 Å². The second kappa shape index (κ2) is 11.5. The highest BCUT2D eigenvalue weighted by Crippen LogP contribution is 2.37. The van der Waals surface area contributed by atoms with Crippen molar-refractivity contribution in [3.8, 4) is 44.5 Å². The molecule has 0 amide bonds. The van der Waals surface area contributed by atoms with Crippen molar-refractivity contribution in [2.75, 3.05) is 0 Å². The van der Waals surface area contributed by atoms with E-state index in [1.807, 2.05) is 61.3 Å². The summed E-state index contributed by atoms with van der Waals surface area (Å²) in [5.41, 5.74) is 14.7. The molecule has 2 aliphatic rings. The molecular weight excluding hydrogens is 592 g/mol. The topological polar surface area (TPSA) is 109 Å². The molecule has 226 valence electrons. The Balaban J connectivity index is 1.49. The van der Waals surface area contributed by atoms with Crippen LogP contribution in [-0.4, -0.2) is 39.9 Å². The molecule has 0 aromatic carbocycles. The third kappa shape index (κ3) is 4.80. The van der Waals surface area contributed by atoms with Crippen LogP contribution in [-0.2, 0) is 0 Å². The summed E-state index contributed by atoms with van der Waals surface area (Å²) in [5.74, 6) is 0. The minimum absolute atomic E-state index is 0.826. The lowest BCUT2D eigenvalue weighted by atomic mass is 10.1. The zero-order valence-electron chi connectivity index (χ0n) is 25.5. The molecule has 7 aromatic rings. The molecule has 2 aliphatic heterocycles. The van der Waals surface area contributed by atoms with Gasteiger partial charge in [-0.25, -0.2) is 9.97 Å². The molecule has 0 fully saturated rings. The van der Waals surface area contributed by atoms with E-state index in [9.17, 15) is 0 Å². The fraction of sp³-hybridized carbons (Fsp3) is 0. The Morgan fingerprint density at radius 2 is 0.688 bits per heavy atom. The largest absolute Gasteiger partial charge is 0.354 e. The Bertz CT molecular complexity index is 2190. The van der Waals surface area contributed by atoms with Gasteiger partial charge in [-0.2, -0.15) is 0 Å². The Kier molecular flexibility index (Phi) is 6.61. The highest BCUT2D eigenvalue weighted by Gasteiger charge is 2.19. The number of hydrogen-bond acceptors (Lipinski definition) is 6. The maximum Gasteiger partial charge on any atom is 0.0737 e. The van der Waals surface area contributed by atoms with Crippen LogP contribution >= 0.6 is 0 Å². The summed E-state index contributed by atoms with van der Waals surface area (Å²) in [6.07, 6.45) is 22.9. The highest BCUT2D eigenvalue weighted by atomic mass is 14.8. The number of nitrogens with zero attached hydrogens (tertiary/aromatic N) is 6. The van der Waals surface area contributed by atoms with Gasteiger partial charge in [0.05, 0.1) is 22.8 Å². The average molecular weight is 619 g/mol. The first-order valence-corrected chi connectivity index (χ1v) is 15.6. The van der Waals surface area contributed by atoms with Crippen LogP contribution in [0.2, 0.25) is 0 Å². The lowest BCUT2D eigenvalue weighted by Crippen LogP contribution is -1.90. The highest BCUT2D eigenvalue weighted by molar-refractivity contribution is 5.99. The van der Waals surface area contributed by atoms with Gasteiger partial charge in [-0.05, 0) is 84.5 Å². The predicted octanol–water partition coefficient (Wildman–Crippen LogP) is 8.90. The number of nitrogens with one attached hydrogen (secondary N) is 2. The monoisotopic (exact) mass is 618 g/mol. The molecule has 7 aromatic heterocycles.